The first kappa shape index (κ1) is 14.4. The Kier molecular flexibility index (Phi) is 4.65. The van der Waals surface area contributed by atoms with E-state index in [9.17, 15) is 14.3 Å². The van der Waals surface area contributed by atoms with Crippen LogP contribution in [0, 0.1) is 5.82 Å². The summed E-state index contributed by atoms with van der Waals surface area (Å²) in [4.78, 5) is 15.6. The molecule has 104 valence electrons. The number of aliphatic hydroxyl groups excluding tert-OH is 1. The van der Waals surface area contributed by atoms with Crippen molar-refractivity contribution in [2.45, 2.75) is 6.10 Å². The summed E-state index contributed by atoms with van der Waals surface area (Å²) in [5.41, 5.74) is 0.788. The molecule has 1 heterocycles. The highest BCUT2D eigenvalue weighted by Crippen LogP contribution is 2.16. The van der Waals surface area contributed by atoms with Gasteiger partial charge in [-0.3, -0.25) is 9.78 Å². The summed E-state index contributed by atoms with van der Waals surface area (Å²) in [5, 5.41) is 12.4. The van der Waals surface area contributed by atoms with Gasteiger partial charge in [0, 0.05) is 24.5 Å². The van der Waals surface area contributed by atoms with Crippen LogP contribution in [0.15, 0.2) is 42.7 Å². The van der Waals surface area contributed by atoms with Crippen molar-refractivity contribution in [1.82, 2.24) is 10.3 Å². The molecule has 20 heavy (non-hydrogen) atoms. The number of halogens is 2. The molecule has 0 aliphatic heterocycles. The topological polar surface area (TPSA) is 62.2 Å². The number of nitrogens with one attached hydrogen (secondary N) is 1. The maximum absolute atomic E-state index is 13.2. The van der Waals surface area contributed by atoms with Gasteiger partial charge in [-0.2, -0.15) is 0 Å². The Morgan fingerprint density at radius 2 is 2.05 bits per heavy atom. The number of nitrogens with zero attached hydrogens (tertiary/aromatic N) is 1. The van der Waals surface area contributed by atoms with E-state index in [1.165, 1.54) is 12.1 Å². The van der Waals surface area contributed by atoms with Gasteiger partial charge in [0.05, 0.1) is 11.1 Å². The van der Waals surface area contributed by atoms with Crippen molar-refractivity contribution < 1.29 is 14.3 Å². The van der Waals surface area contributed by atoms with Gasteiger partial charge in [0.1, 0.15) is 5.82 Å². The third-order valence-electron chi connectivity index (χ3n) is 2.73. The van der Waals surface area contributed by atoms with E-state index in [1.54, 1.807) is 24.5 Å². The fraction of sp³-hybridized carbons (Fsp3) is 0.143. The molecule has 1 aromatic carbocycles. The molecule has 1 aromatic heterocycles. The number of aliphatic hydroxyl groups is 1. The molecule has 0 fully saturated rings. The van der Waals surface area contributed by atoms with Gasteiger partial charge in [0.25, 0.3) is 5.91 Å². The van der Waals surface area contributed by atoms with E-state index in [4.69, 9.17) is 11.6 Å². The number of benzene rings is 1. The molecule has 0 saturated carbocycles. The van der Waals surface area contributed by atoms with Crippen LogP contribution in [0.25, 0.3) is 0 Å². The first-order valence-corrected chi connectivity index (χ1v) is 6.27. The molecule has 1 amide bonds. The molecule has 0 aliphatic rings. The predicted octanol–water partition coefficient (Wildman–Crippen LogP) is 2.34. The van der Waals surface area contributed by atoms with Crippen LogP contribution in [-0.2, 0) is 0 Å². The molecule has 4 nitrogen and oxygen atoms in total. The highest BCUT2D eigenvalue weighted by atomic mass is 35.5. The van der Waals surface area contributed by atoms with Crippen LogP contribution in [0.1, 0.15) is 22.0 Å². The van der Waals surface area contributed by atoms with Crippen LogP contribution in [0.5, 0.6) is 0 Å². The minimum atomic E-state index is -0.848. The number of amides is 1. The van der Waals surface area contributed by atoms with Crippen LogP contribution < -0.4 is 5.32 Å². The number of carbonyl (C=O) groups is 1. The summed E-state index contributed by atoms with van der Waals surface area (Å²) in [7, 11) is 0. The zero-order chi connectivity index (χ0) is 14.5. The fourth-order valence-corrected chi connectivity index (χ4v) is 1.75. The minimum Gasteiger partial charge on any atom is -0.387 e. The number of hydrogen-bond donors (Lipinski definition) is 2. The Hall–Kier alpha value is -1.98. The lowest BCUT2D eigenvalue weighted by atomic mass is 10.1. The second-order valence-electron chi connectivity index (χ2n) is 4.14. The largest absolute Gasteiger partial charge is 0.387 e. The van der Waals surface area contributed by atoms with Crippen LogP contribution in [0.3, 0.4) is 0 Å². The molecule has 2 rings (SSSR count). The molecule has 0 spiro atoms. The molecule has 0 aliphatic carbocycles. The summed E-state index contributed by atoms with van der Waals surface area (Å²) < 4.78 is 13.2. The summed E-state index contributed by atoms with van der Waals surface area (Å²) >= 11 is 5.54. The Labute approximate surface area is 120 Å². The number of aromatic nitrogens is 1. The number of hydrogen-bond acceptors (Lipinski definition) is 3. The van der Waals surface area contributed by atoms with Gasteiger partial charge in [-0.1, -0.05) is 11.6 Å². The maximum atomic E-state index is 13.2. The van der Waals surface area contributed by atoms with E-state index in [2.05, 4.69) is 10.3 Å². The van der Waals surface area contributed by atoms with Crippen LogP contribution in [0.2, 0.25) is 5.02 Å². The van der Waals surface area contributed by atoms with Crippen LogP contribution in [-0.4, -0.2) is 22.5 Å². The van der Waals surface area contributed by atoms with Gasteiger partial charge in [-0.25, -0.2) is 4.39 Å². The van der Waals surface area contributed by atoms with Gasteiger partial charge in [-0.15, -0.1) is 0 Å². The van der Waals surface area contributed by atoms with Gasteiger partial charge in [-0.05, 0) is 35.9 Å². The Balaban J connectivity index is 1.97. The summed E-state index contributed by atoms with van der Waals surface area (Å²) in [6.07, 6.45) is 2.25. The van der Waals surface area contributed by atoms with Crippen LogP contribution >= 0.6 is 11.6 Å². The van der Waals surface area contributed by atoms with Gasteiger partial charge >= 0.3 is 0 Å². The Morgan fingerprint density at radius 3 is 2.70 bits per heavy atom. The number of carbonyl (C=O) groups excluding carboxylic acids is 1. The Morgan fingerprint density at radius 1 is 1.35 bits per heavy atom. The molecule has 0 bridgehead atoms. The monoisotopic (exact) mass is 294 g/mol. The third kappa shape index (κ3) is 3.53. The molecule has 2 N–H and O–H groups in total. The molecule has 0 radical (unpaired) electrons. The average molecular weight is 295 g/mol. The van der Waals surface area contributed by atoms with E-state index < -0.39 is 17.8 Å². The second kappa shape index (κ2) is 6.45. The lowest BCUT2D eigenvalue weighted by Crippen LogP contribution is -2.28. The highest BCUT2D eigenvalue weighted by molar-refractivity contribution is 6.30. The van der Waals surface area contributed by atoms with Gasteiger partial charge in [0.2, 0.25) is 0 Å². The van der Waals surface area contributed by atoms with Crippen LogP contribution in [0.4, 0.5) is 4.39 Å². The summed E-state index contributed by atoms with van der Waals surface area (Å²) in [5.74, 6) is -1.14. The van der Waals surface area contributed by atoms with E-state index in [0.717, 1.165) is 6.07 Å². The normalized spacial score (nSPS) is 11.9. The number of pyridine rings is 1. The van der Waals surface area contributed by atoms with Crippen molar-refractivity contribution >= 4 is 17.5 Å². The summed E-state index contributed by atoms with van der Waals surface area (Å²) in [6, 6.07) is 7.08. The lowest BCUT2D eigenvalue weighted by molar-refractivity contribution is 0.0916. The SMILES string of the molecule is O=C(NCC(O)c1ccncc1)c1ccc(Cl)c(F)c1. The molecular weight excluding hydrogens is 283 g/mol. The van der Waals surface area contributed by atoms with Gasteiger partial charge in [0.15, 0.2) is 0 Å². The molecule has 2 aromatic rings. The first-order chi connectivity index (χ1) is 9.58. The zero-order valence-corrected chi connectivity index (χ0v) is 11.1. The van der Waals surface area contributed by atoms with Crippen molar-refractivity contribution in [3.63, 3.8) is 0 Å². The van der Waals surface area contributed by atoms with Crippen molar-refractivity contribution in [1.29, 1.82) is 0 Å². The summed E-state index contributed by atoms with van der Waals surface area (Å²) in [6.45, 7) is 0.0209. The average Bonchev–Trinajstić information content (AvgIpc) is 2.48. The van der Waals surface area contributed by atoms with Crippen molar-refractivity contribution in [2.24, 2.45) is 0 Å². The molecule has 1 atom stereocenters. The highest BCUT2D eigenvalue weighted by Gasteiger charge is 2.12. The standard InChI is InChI=1S/C14H12ClFN2O2/c15-11-2-1-10(7-12(11)16)14(20)18-8-13(19)9-3-5-17-6-4-9/h1-7,13,19H,8H2,(H,18,20). The molecular formula is C14H12ClFN2O2. The second-order valence-corrected chi connectivity index (χ2v) is 4.54. The van der Waals surface area contributed by atoms with Gasteiger partial charge < -0.3 is 10.4 Å². The minimum absolute atomic E-state index is 0.0209. The maximum Gasteiger partial charge on any atom is 0.251 e. The molecule has 6 heteroatoms. The van der Waals surface area contributed by atoms with Crippen molar-refractivity contribution in [3.8, 4) is 0 Å². The first-order valence-electron chi connectivity index (χ1n) is 5.89. The zero-order valence-electron chi connectivity index (χ0n) is 10.4. The predicted molar refractivity (Wildman–Crippen MR) is 72.9 cm³/mol. The smallest absolute Gasteiger partial charge is 0.251 e. The number of rotatable bonds is 4. The van der Waals surface area contributed by atoms with Crippen molar-refractivity contribution in [3.05, 3.63) is 64.7 Å². The van der Waals surface area contributed by atoms with Crippen molar-refractivity contribution in [2.75, 3.05) is 6.54 Å². The lowest BCUT2D eigenvalue weighted by Gasteiger charge is -2.12. The Bertz CT molecular complexity index is 607. The molecule has 0 saturated heterocycles. The van der Waals surface area contributed by atoms with E-state index in [1.807, 2.05) is 0 Å². The van der Waals surface area contributed by atoms with E-state index in [0.29, 0.717) is 5.56 Å². The van der Waals surface area contributed by atoms with E-state index >= 15 is 0 Å². The molecule has 1 unspecified atom stereocenters. The fourth-order valence-electron chi connectivity index (χ4n) is 1.63. The van der Waals surface area contributed by atoms with E-state index in [-0.39, 0.29) is 17.1 Å². The quantitative estimate of drug-likeness (QED) is 0.910. The third-order valence-corrected chi connectivity index (χ3v) is 3.04.